The first-order chi connectivity index (χ1) is 17.4. The molecule has 0 aromatic rings. The van der Waals surface area contributed by atoms with Crippen molar-refractivity contribution in [3.05, 3.63) is 23.4 Å². The Hall–Kier alpha value is -1.29. The highest BCUT2D eigenvalue weighted by Gasteiger charge is 2.47. The first-order valence-electron chi connectivity index (χ1n) is 15.4. The van der Waals surface area contributed by atoms with Crippen LogP contribution in [0.5, 0.6) is 0 Å². The molecule has 0 heterocycles. The lowest BCUT2D eigenvalue weighted by Crippen LogP contribution is -2.41. The number of allylic oxidation sites excluding steroid dienone is 4. The third-order valence-corrected chi connectivity index (χ3v) is 6.94. The highest BCUT2D eigenvalue weighted by molar-refractivity contribution is 5.77. The van der Waals surface area contributed by atoms with E-state index in [4.69, 9.17) is 5.11 Å². The maximum atomic E-state index is 13.0. The fourth-order valence-corrected chi connectivity index (χ4v) is 4.88. The van der Waals surface area contributed by atoms with Gasteiger partial charge in [-0.2, -0.15) is 0 Å². The first-order valence-corrected chi connectivity index (χ1v) is 15.4. The van der Waals surface area contributed by atoms with Crippen LogP contribution >= 0.6 is 0 Å². The summed E-state index contributed by atoms with van der Waals surface area (Å²) >= 11 is 0. The predicted molar refractivity (Wildman–Crippen MR) is 160 cm³/mol. The smallest absolute Gasteiger partial charge is 0.223 e. The molecule has 0 aliphatic heterocycles. The Morgan fingerprint density at radius 2 is 1.61 bits per heavy atom. The number of hydrogen-bond acceptors (Lipinski definition) is 3. The minimum Gasteiger partial charge on any atom is -0.397 e. The second-order valence-corrected chi connectivity index (χ2v) is 9.78. The minimum absolute atomic E-state index is 0.217. The van der Waals surface area contributed by atoms with Crippen molar-refractivity contribution in [3.63, 3.8) is 0 Å². The molecule has 1 N–H and O–H groups in total. The topological polar surface area (TPSA) is 43.8 Å². The summed E-state index contributed by atoms with van der Waals surface area (Å²) in [7, 11) is 0. The lowest BCUT2D eigenvalue weighted by molar-refractivity contribution is -0.132. The van der Waals surface area contributed by atoms with Crippen LogP contribution in [-0.2, 0) is 4.79 Å². The third-order valence-electron chi connectivity index (χ3n) is 6.94. The molecular formula is C32H64N2O2. The van der Waals surface area contributed by atoms with Gasteiger partial charge in [0, 0.05) is 44.4 Å². The van der Waals surface area contributed by atoms with Crippen molar-refractivity contribution in [1.82, 2.24) is 9.80 Å². The molecule has 0 bridgehead atoms. The Bertz CT molecular complexity index is 593. The summed E-state index contributed by atoms with van der Waals surface area (Å²) in [6.45, 7) is 23.9. The maximum absolute atomic E-state index is 13.0. The van der Waals surface area contributed by atoms with E-state index in [1.807, 2.05) is 27.7 Å². The second-order valence-electron chi connectivity index (χ2n) is 9.78. The Morgan fingerprint density at radius 1 is 1.00 bits per heavy atom. The van der Waals surface area contributed by atoms with Gasteiger partial charge in [0.25, 0.3) is 0 Å². The molecule has 2 aliphatic rings. The van der Waals surface area contributed by atoms with Crippen LogP contribution < -0.4 is 0 Å². The molecule has 0 aromatic carbocycles. The Kier molecular flexibility index (Phi) is 23.4. The van der Waals surface area contributed by atoms with Gasteiger partial charge in [0.05, 0.1) is 0 Å². The van der Waals surface area contributed by atoms with E-state index < -0.39 is 0 Å². The van der Waals surface area contributed by atoms with Gasteiger partial charge in [-0.3, -0.25) is 4.79 Å². The van der Waals surface area contributed by atoms with E-state index in [9.17, 15) is 4.79 Å². The third kappa shape index (κ3) is 14.4. The number of carbonyl (C=O) groups is 1. The van der Waals surface area contributed by atoms with Crippen LogP contribution in [0.2, 0.25) is 0 Å². The van der Waals surface area contributed by atoms with Gasteiger partial charge >= 0.3 is 0 Å². The molecule has 1 atom stereocenters. The van der Waals surface area contributed by atoms with E-state index in [1.165, 1.54) is 56.9 Å². The van der Waals surface area contributed by atoms with E-state index in [1.54, 1.807) is 12.6 Å². The van der Waals surface area contributed by atoms with Crippen LogP contribution in [0.15, 0.2) is 23.4 Å². The van der Waals surface area contributed by atoms with Crippen LogP contribution in [0.1, 0.15) is 140 Å². The fraction of sp³-hybridized carbons (Fsp3) is 0.844. The zero-order valence-corrected chi connectivity index (χ0v) is 26.1. The lowest BCUT2D eigenvalue weighted by atomic mass is 9.95. The summed E-state index contributed by atoms with van der Waals surface area (Å²) in [6.07, 6.45) is 17.5. The normalized spacial score (nSPS) is 19.4. The van der Waals surface area contributed by atoms with Gasteiger partial charge in [-0.15, -0.1) is 0 Å². The van der Waals surface area contributed by atoms with Crippen molar-refractivity contribution in [2.24, 2.45) is 5.41 Å². The van der Waals surface area contributed by atoms with Crippen molar-refractivity contribution in [3.8, 4) is 0 Å². The van der Waals surface area contributed by atoms with Crippen LogP contribution in [0.4, 0.5) is 0 Å². The summed E-state index contributed by atoms with van der Waals surface area (Å²) in [4.78, 5) is 17.8. The van der Waals surface area contributed by atoms with Gasteiger partial charge in [0.15, 0.2) is 0 Å². The van der Waals surface area contributed by atoms with E-state index in [0.29, 0.717) is 11.9 Å². The summed E-state index contributed by atoms with van der Waals surface area (Å²) in [6, 6.07) is 0.612. The van der Waals surface area contributed by atoms with Crippen molar-refractivity contribution in [1.29, 1.82) is 0 Å². The molecule has 214 valence electrons. The van der Waals surface area contributed by atoms with E-state index in [-0.39, 0.29) is 12.0 Å². The Morgan fingerprint density at radius 3 is 2.08 bits per heavy atom. The standard InChI is InChI=1S/C26H46N2O.C2H6O.2C2H6/c1-6-12-23(8-3)28(24-15-10-13-22(5)14-11-16-24)21-26(17-18-26)20-25(29)27(9-4)19-7-2;1-2-3;2*1-2/h13,15,23H,6-12,14,16-21H2,1-5H3;3H,2H2,1H3;2*1-2H3/b22-13-,24-15+;;;/t23-;;;/m1.../s1. The number of carbonyl (C=O) groups excluding carboxylic acids is 1. The molecule has 0 saturated heterocycles. The van der Waals surface area contributed by atoms with Gasteiger partial charge in [-0.1, -0.05) is 72.6 Å². The molecule has 0 spiro atoms. The summed E-state index contributed by atoms with van der Waals surface area (Å²) < 4.78 is 0. The molecule has 2 aliphatic carbocycles. The highest BCUT2D eigenvalue weighted by Crippen LogP contribution is 2.51. The average Bonchev–Trinajstić information content (AvgIpc) is 3.64. The molecular weight excluding hydrogens is 444 g/mol. The summed E-state index contributed by atoms with van der Waals surface area (Å²) in [5.41, 5.74) is 3.30. The molecule has 36 heavy (non-hydrogen) atoms. The number of hydrogen-bond donors (Lipinski definition) is 1. The molecule has 1 amide bonds. The molecule has 4 heteroatoms. The van der Waals surface area contributed by atoms with E-state index in [2.05, 4.69) is 56.6 Å². The Balaban J connectivity index is 0. The average molecular weight is 509 g/mol. The quantitative estimate of drug-likeness (QED) is 0.268. The summed E-state index contributed by atoms with van der Waals surface area (Å²) in [5, 5.41) is 7.57. The van der Waals surface area contributed by atoms with Crippen molar-refractivity contribution < 1.29 is 9.90 Å². The van der Waals surface area contributed by atoms with Crippen molar-refractivity contribution >= 4 is 5.91 Å². The van der Waals surface area contributed by atoms with Gasteiger partial charge in [0.2, 0.25) is 5.91 Å². The van der Waals surface area contributed by atoms with E-state index >= 15 is 0 Å². The van der Waals surface area contributed by atoms with Gasteiger partial charge in [-0.25, -0.2) is 0 Å². The molecule has 1 saturated carbocycles. The van der Waals surface area contributed by atoms with Crippen LogP contribution in [0, 0.1) is 5.41 Å². The number of rotatable bonds is 12. The van der Waals surface area contributed by atoms with Crippen LogP contribution in [0.25, 0.3) is 0 Å². The number of aliphatic hydroxyl groups is 1. The fourth-order valence-electron chi connectivity index (χ4n) is 4.88. The SMILES string of the molecule is CC.CC.CCC[C@@H](CC)N(CC1(CC(=O)N(CC)CCC)CC1)/C1=C/C/C=C(/C)CCC1.CCO. The predicted octanol–water partition coefficient (Wildman–Crippen LogP) is 8.75. The van der Waals surface area contributed by atoms with Crippen molar-refractivity contribution in [2.45, 2.75) is 146 Å². The molecule has 1 fully saturated rings. The minimum atomic E-state index is 0.217. The van der Waals surface area contributed by atoms with Gasteiger partial charge in [-0.05, 0) is 84.0 Å². The van der Waals surface area contributed by atoms with Gasteiger partial charge in [0.1, 0.15) is 0 Å². The van der Waals surface area contributed by atoms with Gasteiger partial charge < -0.3 is 14.9 Å². The highest BCUT2D eigenvalue weighted by atomic mass is 16.2. The first kappa shape index (κ1) is 36.9. The van der Waals surface area contributed by atoms with E-state index in [0.717, 1.165) is 38.9 Å². The van der Waals surface area contributed by atoms with Crippen LogP contribution in [-0.4, -0.2) is 53.1 Å². The number of aliphatic hydroxyl groups excluding tert-OH is 1. The molecule has 2 rings (SSSR count). The maximum Gasteiger partial charge on any atom is 0.223 e. The Labute approximate surface area is 226 Å². The number of amides is 1. The van der Waals surface area contributed by atoms with Crippen molar-refractivity contribution in [2.75, 3.05) is 26.2 Å². The largest absolute Gasteiger partial charge is 0.397 e. The lowest BCUT2D eigenvalue weighted by Gasteiger charge is -2.39. The summed E-state index contributed by atoms with van der Waals surface area (Å²) in [5.74, 6) is 0.376. The molecule has 0 radical (unpaired) electrons. The zero-order chi connectivity index (χ0) is 28.0. The zero-order valence-electron chi connectivity index (χ0n) is 26.1. The molecule has 0 unspecified atom stereocenters. The second kappa shape index (κ2) is 22.9. The monoisotopic (exact) mass is 508 g/mol. The molecule has 0 aromatic heterocycles. The number of nitrogens with zero attached hydrogens (tertiary/aromatic N) is 2. The van der Waals surface area contributed by atoms with Crippen LogP contribution in [0.3, 0.4) is 0 Å². The molecule has 4 nitrogen and oxygen atoms in total.